The Kier molecular flexibility index (Phi) is 4.92. The van der Waals surface area contributed by atoms with Crippen molar-refractivity contribution in [2.45, 2.75) is 6.54 Å². The van der Waals surface area contributed by atoms with E-state index in [1.54, 1.807) is 18.3 Å². The molecule has 4 N–H and O–H groups in total. The first-order chi connectivity index (χ1) is 12.5. The molecule has 3 aromatic rings. The molecule has 0 bridgehead atoms. The molecule has 0 unspecified atom stereocenters. The van der Waals surface area contributed by atoms with Crippen LogP contribution in [0.5, 0.6) is 0 Å². The number of hydrogen-bond acceptors (Lipinski definition) is 6. The zero-order valence-electron chi connectivity index (χ0n) is 13.3. The molecule has 1 aromatic carbocycles. The number of pyridine rings is 1. The average molecular weight is 357 g/mol. The molecular formula is C16H13F2N7O. The van der Waals surface area contributed by atoms with E-state index in [0.29, 0.717) is 11.3 Å². The van der Waals surface area contributed by atoms with Crippen LogP contribution in [0.4, 0.5) is 26.0 Å². The highest BCUT2D eigenvalue weighted by atomic mass is 19.2. The largest absolute Gasteiger partial charge is 0.380 e. The van der Waals surface area contributed by atoms with Crippen molar-refractivity contribution in [1.82, 2.24) is 20.5 Å². The number of azo groups is 1. The summed E-state index contributed by atoms with van der Waals surface area (Å²) in [4.78, 5) is 15.9. The molecular weight excluding hydrogens is 344 g/mol. The summed E-state index contributed by atoms with van der Waals surface area (Å²) >= 11 is 0. The number of nitrogens with two attached hydrogens (primary N) is 1. The van der Waals surface area contributed by atoms with Gasteiger partial charge in [-0.2, -0.15) is 10.2 Å². The van der Waals surface area contributed by atoms with Crippen LogP contribution in [0.1, 0.15) is 16.1 Å². The minimum Gasteiger partial charge on any atom is -0.380 e. The van der Waals surface area contributed by atoms with Crippen molar-refractivity contribution in [1.29, 1.82) is 0 Å². The fraction of sp³-hybridized carbons (Fsp3) is 0.0625. The van der Waals surface area contributed by atoms with Gasteiger partial charge in [-0.1, -0.05) is 0 Å². The van der Waals surface area contributed by atoms with Crippen LogP contribution in [0, 0.1) is 11.6 Å². The fourth-order valence-electron chi connectivity index (χ4n) is 2.05. The summed E-state index contributed by atoms with van der Waals surface area (Å²) in [6, 6.07) is 6.37. The van der Waals surface area contributed by atoms with E-state index in [9.17, 15) is 13.6 Å². The maximum atomic E-state index is 13.2. The fourth-order valence-corrected chi connectivity index (χ4v) is 2.05. The number of aromatic amines is 1. The maximum Gasteiger partial charge on any atom is 0.253 e. The second-order valence-corrected chi connectivity index (χ2v) is 5.16. The molecule has 0 spiro atoms. The van der Waals surface area contributed by atoms with E-state index in [1.165, 1.54) is 12.3 Å². The Bertz CT molecular complexity index is 956. The Morgan fingerprint density at radius 2 is 2.08 bits per heavy atom. The first kappa shape index (κ1) is 17.1. The molecule has 0 aliphatic carbocycles. The molecule has 0 atom stereocenters. The van der Waals surface area contributed by atoms with Crippen LogP contribution < -0.4 is 11.1 Å². The molecule has 26 heavy (non-hydrogen) atoms. The quantitative estimate of drug-likeness (QED) is 0.608. The summed E-state index contributed by atoms with van der Waals surface area (Å²) in [6.45, 7) is 0.0596. The number of hydrogen-bond donors (Lipinski definition) is 3. The summed E-state index contributed by atoms with van der Waals surface area (Å²) in [5.74, 6) is -2.30. The van der Waals surface area contributed by atoms with E-state index in [0.717, 1.165) is 12.1 Å². The van der Waals surface area contributed by atoms with Gasteiger partial charge in [-0.15, -0.1) is 5.11 Å². The van der Waals surface area contributed by atoms with Crippen LogP contribution in [-0.2, 0) is 6.54 Å². The summed E-state index contributed by atoms with van der Waals surface area (Å²) < 4.78 is 26.1. The molecule has 0 aliphatic rings. The van der Waals surface area contributed by atoms with Crippen LogP contribution in [0.2, 0.25) is 0 Å². The average Bonchev–Trinajstić information content (AvgIpc) is 3.01. The van der Waals surface area contributed by atoms with Gasteiger partial charge in [0.25, 0.3) is 5.91 Å². The van der Waals surface area contributed by atoms with Gasteiger partial charge in [0, 0.05) is 18.5 Å². The lowest BCUT2D eigenvalue weighted by atomic mass is 10.2. The highest BCUT2D eigenvalue weighted by molar-refractivity contribution is 5.93. The third-order valence-electron chi connectivity index (χ3n) is 3.36. The van der Waals surface area contributed by atoms with E-state index in [4.69, 9.17) is 5.73 Å². The Hall–Kier alpha value is -3.69. The molecule has 2 aromatic heterocycles. The second kappa shape index (κ2) is 7.47. The van der Waals surface area contributed by atoms with Crippen LogP contribution in [0.25, 0.3) is 0 Å². The summed E-state index contributed by atoms with van der Waals surface area (Å²) in [7, 11) is 0. The van der Waals surface area contributed by atoms with Crippen molar-refractivity contribution in [3.63, 3.8) is 0 Å². The minimum atomic E-state index is -1.04. The molecule has 10 heteroatoms. The predicted octanol–water partition coefficient (Wildman–Crippen LogP) is 3.01. The zero-order valence-corrected chi connectivity index (χ0v) is 13.3. The number of rotatable bonds is 5. The highest BCUT2D eigenvalue weighted by Gasteiger charge is 2.13. The lowest BCUT2D eigenvalue weighted by molar-refractivity contribution is 0.0950. The smallest absolute Gasteiger partial charge is 0.253 e. The summed E-state index contributed by atoms with van der Waals surface area (Å²) in [5, 5.41) is 16.8. The van der Waals surface area contributed by atoms with E-state index >= 15 is 0 Å². The van der Waals surface area contributed by atoms with Crippen molar-refractivity contribution >= 4 is 23.1 Å². The molecule has 0 radical (unpaired) electrons. The van der Waals surface area contributed by atoms with E-state index < -0.39 is 11.6 Å². The number of nitrogens with one attached hydrogen (secondary N) is 2. The van der Waals surface area contributed by atoms with E-state index in [1.807, 2.05) is 0 Å². The highest BCUT2D eigenvalue weighted by Crippen LogP contribution is 2.27. The molecule has 0 saturated heterocycles. The van der Waals surface area contributed by atoms with Crippen molar-refractivity contribution in [2.75, 3.05) is 5.73 Å². The lowest BCUT2D eigenvalue weighted by Gasteiger charge is -2.03. The van der Waals surface area contributed by atoms with Gasteiger partial charge in [-0.25, -0.2) is 8.78 Å². The monoisotopic (exact) mass is 357 g/mol. The Morgan fingerprint density at radius 1 is 1.23 bits per heavy atom. The minimum absolute atomic E-state index is 0.0574. The van der Waals surface area contributed by atoms with Gasteiger partial charge in [0.1, 0.15) is 0 Å². The standard InChI is InChI=1S/C16H13F2N7O/c17-11-4-3-10(6-12(11)18)22-24-14-13(23-25-15(14)19)8-21-16(26)9-2-1-5-20-7-9/h1-7H,8H2,(H,21,26)(H3,19,23,25). The molecule has 132 valence electrons. The first-order valence-electron chi connectivity index (χ1n) is 7.42. The third-order valence-corrected chi connectivity index (χ3v) is 3.36. The van der Waals surface area contributed by atoms with Crippen molar-refractivity contribution in [2.24, 2.45) is 10.2 Å². The van der Waals surface area contributed by atoms with Gasteiger partial charge in [-0.3, -0.25) is 14.9 Å². The Balaban J connectivity index is 1.73. The number of H-pyrrole nitrogens is 1. The Labute approximate surface area is 146 Å². The van der Waals surface area contributed by atoms with Gasteiger partial charge in [0.05, 0.1) is 23.5 Å². The second-order valence-electron chi connectivity index (χ2n) is 5.16. The number of halogens is 2. The topological polar surface area (TPSA) is 121 Å². The first-order valence-corrected chi connectivity index (χ1v) is 7.42. The van der Waals surface area contributed by atoms with E-state index in [2.05, 4.69) is 30.7 Å². The lowest BCUT2D eigenvalue weighted by Crippen LogP contribution is -2.23. The van der Waals surface area contributed by atoms with Crippen LogP contribution in [0.15, 0.2) is 53.0 Å². The van der Waals surface area contributed by atoms with Crippen LogP contribution in [0.3, 0.4) is 0 Å². The molecule has 8 nitrogen and oxygen atoms in total. The van der Waals surface area contributed by atoms with Gasteiger partial charge < -0.3 is 11.1 Å². The number of carbonyl (C=O) groups is 1. The molecule has 2 heterocycles. The Morgan fingerprint density at radius 3 is 2.81 bits per heavy atom. The summed E-state index contributed by atoms with van der Waals surface area (Å²) in [6.07, 6.45) is 2.99. The molecule has 0 aliphatic heterocycles. The van der Waals surface area contributed by atoms with Crippen molar-refractivity contribution in [3.05, 3.63) is 65.6 Å². The van der Waals surface area contributed by atoms with Crippen LogP contribution in [-0.4, -0.2) is 21.1 Å². The number of nitrogens with zero attached hydrogens (tertiary/aromatic N) is 4. The number of nitrogen functional groups attached to an aromatic ring is 1. The van der Waals surface area contributed by atoms with Gasteiger partial charge in [0.15, 0.2) is 23.1 Å². The number of aromatic nitrogens is 3. The summed E-state index contributed by atoms with van der Waals surface area (Å²) in [5.41, 5.74) is 6.83. The SMILES string of the molecule is Nc1n[nH]c(CNC(=O)c2cccnc2)c1N=Nc1ccc(F)c(F)c1. The molecule has 0 fully saturated rings. The number of amides is 1. The number of carbonyl (C=O) groups excluding carboxylic acids is 1. The van der Waals surface area contributed by atoms with Crippen LogP contribution >= 0.6 is 0 Å². The van der Waals surface area contributed by atoms with Crippen molar-refractivity contribution in [3.8, 4) is 0 Å². The maximum absolute atomic E-state index is 13.2. The third kappa shape index (κ3) is 3.86. The van der Waals surface area contributed by atoms with Gasteiger partial charge >= 0.3 is 0 Å². The molecule has 3 rings (SSSR count). The van der Waals surface area contributed by atoms with Gasteiger partial charge in [-0.05, 0) is 24.3 Å². The molecule has 0 saturated carbocycles. The number of anilines is 1. The zero-order chi connectivity index (χ0) is 18.5. The molecule has 1 amide bonds. The predicted molar refractivity (Wildman–Crippen MR) is 88.9 cm³/mol. The van der Waals surface area contributed by atoms with Gasteiger partial charge in [0.2, 0.25) is 0 Å². The normalized spacial score (nSPS) is 11.0. The van der Waals surface area contributed by atoms with E-state index in [-0.39, 0.29) is 29.6 Å². The van der Waals surface area contributed by atoms with Crippen molar-refractivity contribution < 1.29 is 13.6 Å². The number of benzene rings is 1.